The van der Waals surface area contributed by atoms with Crippen molar-refractivity contribution in [3.8, 4) is 0 Å². The van der Waals surface area contributed by atoms with E-state index in [4.69, 9.17) is 9.88 Å². The molecule has 8 nitrogen and oxygen atoms in total. The molecule has 0 spiro atoms. The number of benzene rings is 2. The summed E-state index contributed by atoms with van der Waals surface area (Å²) >= 11 is 3.11. The van der Waals surface area contributed by atoms with Crippen molar-refractivity contribution in [2.75, 3.05) is 11.9 Å². The largest absolute Gasteiger partial charge is 0.452 e. The number of Topliss-reactive ketones (excluding diaryl/α,β-unsaturated/α-hetero) is 1. The van der Waals surface area contributed by atoms with Gasteiger partial charge in [-0.1, -0.05) is 12.1 Å². The number of sulfonamides is 1. The van der Waals surface area contributed by atoms with Crippen LogP contribution in [0.2, 0.25) is 0 Å². The molecular formula is C17H15BrN2O6S. The van der Waals surface area contributed by atoms with Gasteiger partial charge in [-0.3, -0.25) is 9.59 Å². The fraction of sp³-hybridized carbons (Fsp3) is 0.118. The summed E-state index contributed by atoms with van der Waals surface area (Å²) in [6.07, 6.45) is 0. The summed E-state index contributed by atoms with van der Waals surface area (Å²) in [6.45, 7) is 0.734. The number of anilines is 1. The Morgan fingerprint density at radius 1 is 1.11 bits per heavy atom. The van der Waals surface area contributed by atoms with Gasteiger partial charge in [-0.2, -0.15) is 0 Å². The van der Waals surface area contributed by atoms with Crippen LogP contribution < -0.4 is 10.5 Å². The summed E-state index contributed by atoms with van der Waals surface area (Å²) in [5, 5.41) is 7.52. The zero-order valence-corrected chi connectivity index (χ0v) is 16.5. The number of hydrogen-bond donors (Lipinski definition) is 2. The third kappa shape index (κ3) is 5.46. The van der Waals surface area contributed by atoms with Gasteiger partial charge in [-0.15, -0.1) is 0 Å². The van der Waals surface area contributed by atoms with Gasteiger partial charge in [0.1, 0.15) is 0 Å². The van der Waals surface area contributed by atoms with Crippen LogP contribution in [0.1, 0.15) is 27.6 Å². The second kappa shape index (κ2) is 8.42. The molecule has 0 aliphatic carbocycles. The van der Waals surface area contributed by atoms with E-state index in [9.17, 15) is 22.8 Å². The lowest BCUT2D eigenvalue weighted by Crippen LogP contribution is -2.22. The first-order valence-corrected chi connectivity index (χ1v) is 9.83. The first kappa shape index (κ1) is 20.7. The van der Waals surface area contributed by atoms with Gasteiger partial charge < -0.3 is 10.1 Å². The van der Waals surface area contributed by atoms with E-state index >= 15 is 0 Å². The smallest absolute Gasteiger partial charge is 0.339 e. The van der Waals surface area contributed by atoms with Gasteiger partial charge in [0.2, 0.25) is 10.0 Å². The molecule has 0 heterocycles. The molecule has 1 amide bonds. The summed E-state index contributed by atoms with van der Waals surface area (Å²) in [7, 11) is -4.00. The molecule has 3 N–H and O–H groups in total. The van der Waals surface area contributed by atoms with Crippen LogP contribution in [0.4, 0.5) is 5.69 Å². The number of rotatable bonds is 6. The van der Waals surface area contributed by atoms with Crippen molar-refractivity contribution in [2.45, 2.75) is 11.8 Å². The van der Waals surface area contributed by atoms with Crippen molar-refractivity contribution in [2.24, 2.45) is 5.14 Å². The van der Waals surface area contributed by atoms with E-state index in [1.54, 1.807) is 24.3 Å². The Bertz CT molecular complexity index is 1020. The Kier molecular flexibility index (Phi) is 6.47. The Labute approximate surface area is 163 Å². The standard InChI is InChI=1S/C17H15BrN2O6S/c1-10(21)12-4-2-3-5-15(12)20-16(22)9-26-17(23)13-8-11(27(19,24)25)6-7-14(13)18/h2-8H,9H2,1H3,(H,20,22)(H2,19,24,25). The van der Waals surface area contributed by atoms with E-state index in [2.05, 4.69) is 21.2 Å². The SMILES string of the molecule is CC(=O)c1ccccc1NC(=O)COC(=O)c1cc(S(N)(=O)=O)ccc1Br. The molecular weight excluding hydrogens is 440 g/mol. The van der Waals surface area contributed by atoms with Crippen LogP contribution in [0, 0.1) is 0 Å². The molecule has 0 aromatic heterocycles. The van der Waals surface area contributed by atoms with Crippen LogP contribution in [0.25, 0.3) is 0 Å². The molecule has 0 aliphatic rings. The normalized spacial score (nSPS) is 10.9. The average Bonchev–Trinajstić information content (AvgIpc) is 2.59. The van der Waals surface area contributed by atoms with Crippen LogP contribution in [0.3, 0.4) is 0 Å². The van der Waals surface area contributed by atoms with Crippen molar-refractivity contribution < 1.29 is 27.5 Å². The molecule has 0 aliphatic heterocycles. The summed E-state index contributed by atoms with van der Waals surface area (Å²) in [6, 6.07) is 10.0. The monoisotopic (exact) mass is 454 g/mol. The minimum Gasteiger partial charge on any atom is -0.452 e. The summed E-state index contributed by atoms with van der Waals surface area (Å²) in [4.78, 5) is 35.4. The second-order valence-corrected chi connectivity index (χ2v) is 7.83. The zero-order valence-electron chi connectivity index (χ0n) is 14.1. The molecule has 0 bridgehead atoms. The Balaban J connectivity index is 2.08. The number of halogens is 1. The van der Waals surface area contributed by atoms with E-state index in [0.29, 0.717) is 11.3 Å². The summed E-state index contributed by atoms with van der Waals surface area (Å²) in [5.41, 5.74) is 0.516. The zero-order chi connectivity index (χ0) is 20.2. The van der Waals surface area contributed by atoms with E-state index in [1.807, 2.05) is 0 Å². The van der Waals surface area contributed by atoms with Gasteiger partial charge in [0, 0.05) is 10.0 Å². The minimum absolute atomic E-state index is 0.0986. The molecule has 2 rings (SSSR count). The van der Waals surface area contributed by atoms with E-state index in [1.165, 1.54) is 19.1 Å². The van der Waals surface area contributed by atoms with Gasteiger partial charge in [-0.05, 0) is 53.2 Å². The Morgan fingerprint density at radius 2 is 1.78 bits per heavy atom. The summed E-state index contributed by atoms with van der Waals surface area (Å²) in [5.74, 6) is -1.80. The highest BCUT2D eigenvalue weighted by molar-refractivity contribution is 9.10. The highest BCUT2D eigenvalue weighted by atomic mass is 79.9. The molecule has 2 aromatic carbocycles. The molecule has 0 radical (unpaired) electrons. The van der Waals surface area contributed by atoms with Gasteiger partial charge in [0.05, 0.1) is 16.1 Å². The van der Waals surface area contributed by atoms with Gasteiger partial charge in [0.15, 0.2) is 12.4 Å². The Morgan fingerprint density at radius 3 is 2.41 bits per heavy atom. The number of nitrogens with two attached hydrogens (primary N) is 1. The van der Waals surface area contributed by atoms with Crippen molar-refractivity contribution in [1.29, 1.82) is 0 Å². The van der Waals surface area contributed by atoms with Crippen molar-refractivity contribution in [3.05, 3.63) is 58.1 Å². The number of nitrogens with one attached hydrogen (secondary N) is 1. The van der Waals surface area contributed by atoms with Crippen molar-refractivity contribution >= 4 is 49.3 Å². The predicted molar refractivity (Wildman–Crippen MR) is 101 cm³/mol. The number of carbonyl (C=O) groups excluding carboxylic acids is 3. The maximum absolute atomic E-state index is 12.2. The van der Waals surface area contributed by atoms with Crippen LogP contribution in [0.5, 0.6) is 0 Å². The fourth-order valence-corrected chi connectivity index (χ4v) is 3.08. The predicted octanol–water partition coefficient (Wildman–Crippen LogP) is 2.09. The highest BCUT2D eigenvalue weighted by Crippen LogP contribution is 2.21. The van der Waals surface area contributed by atoms with Crippen LogP contribution in [0.15, 0.2) is 51.8 Å². The maximum Gasteiger partial charge on any atom is 0.339 e. The molecule has 27 heavy (non-hydrogen) atoms. The Hall–Kier alpha value is -2.56. The van der Waals surface area contributed by atoms with E-state index in [0.717, 1.165) is 6.07 Å². The lowest BCUT2D eigenvalue weighted by atomic mass is 10.1. The van der Waals surface area contributed by atoms with Crippen LogP contribution in [-0.4, -0.2) is 32.7 Å². The highest BCUT2D eigenvalue weighted by Gasteiger charge is 2.18. The van der Waals surface area contributed by atoms with Gasteiger partial charge in [-0.25, -0.2) is 18.4 Å². The van der Waals surface area contributed by atoms with Crippen molar-refractivity contribution in [3.63, 3.8) is 0 Å². The van der Waals surface area contributed by atoms with Crippen LogP contribution >= 0.6 is 15.9 Å². The number of ether oxygens (including phenoxy) is 1. The third-order valence-corrected chi connectivity index (χ3v) is 5.00. The molecule has 0 fully saturated rings. The molecule has 2 aromatic rings. The van der Waals surface area contributed by atoms with Crippen molar-refractivity contribution in [1.82, 2.24) is 0 Å². The third-order valence-electron chi connectivity index (χ3n) is 3.40. The fourth-order valence-electron chi connectivity index (χ4n) is 2.13. The van der Waals surface area contributed by atoms with Gasteiger partial charge in [0.25, 0.3) is 5.91 Å². The number of para-hydroxylation sites is 1. The first-order chi connectivity index (χ1) is 12.6. The topological polar surface area (TPSA) is 133 Å². The second-order valence-electron chi connectivity index (χ2n) is 5.41. The average molecular weight is 455 g/mol. The molecule has 10 heteroatoms. The minimum atomic E-state index is -4.00. The number of primary sulfonamides is 1. The molecule has 0 unspecified atom stereocenters. The molecule has 0 saturated heterocycles. The lowest BCUT2D eigenvalue weighted by Gasteiger charge is -2.10. The van der Waals surface area contributed by atoms with Crippen LogP contribution in [-0.2, 0) is 19.6 Å². The number of esters is 1. The number of carbonyl (C=O) groups is 3. The van der Waals surface area contributed by atoms with E-state index < -0.39 is 28.5 Å². The molecule has 142 valence electrons. The quantitative estimate of drug-likeness (QED) is 0.507. The molecule has 0 saturated carbocycles. The maximum atomic E-state index is 12.2. The number of hydrogen-bond acceptors (Lipinski definition) is 6. The first-order valence-electron chi connectivity index (χ1n) is 7.49. The lowest BCUT2D eigenvalue weighted by molar-refractivity contribution is -0.119. The number of amides is 1. The summed E-state index contributed by atoms with van der Waals surface area (Å²) < 4.78 is 28.0. The molecule has 0 atom stereocenters. The van der Waals surface area contributed by atoms with E-state index in [-0.39, 0.29) is 20.7 Å². The van der Waals surface area contributed by atoms with Gasteiger partial charge >= 0.3 is 5.97 Å². The number of ketones is 1.